The third kappa shape index (κ3) is 4.87. The van der Waals surface area contributed by atoms with Gasteiger partial charge in [0.15, 0.2) is 0 Å². The smallest absolute Gasteiger partial charge is 0.225 e. The van der Waals surface area contributed by atoms with Crippen LogP contribution in [0.15, 0.2) is 24.3 Å². The van der Waals surface area contributed by atoms with Crippen LogP contribution in [-0.2, 0) is 9.59 Å². The summed E-state index contributed by atoms with van der Waals surface area (Å²) in [4.78, 5) is 26.0. The molecule has 3 rings (SSSR count). The van der Waals surface area contributed by atoms with E-state index in [2.05, 4.69) is 5.32 Å². The summed E-state index contributed by atoms with van der Waals surface area (Å²) in [5, 5.41) is 3.65. The first kappa shape index (κ1) is 17.1. The lowest BCUT2D eigenvalue weighted by Gasteiger charge is -2.32. The van der Waals surface area contributed by atoms with Crippen LogP contribution in [0.3, 0.4) is 0 Å². The number of nitrogens with zero attached hydrogens (tertiary/aromatic N) is 1. The number of carbonyl (C=O) groups is 2. The highest BCUT2D eigenvalue weighted by molar-refractivity contribution is 6.30. The molecular weight excluding hydrogens is 328 g/mol. The van der Waals surface area contributed by atoms with Crippen molar-refractivity contribution in [1.29, 1.82) is 0 Å². The van der Waals surface area contributed by atoms with Crippen LogP contribution in [-0.4, -0.2) is 42.5 Å². The number of likely N-dealkylation sites (tertiary alicyclic amines) is 1. The topological polar surface area (TPSA) is 58.6 Å². The molecule has 1 heterocycles. The lowest BCUT2D eigenvalue weighted by atomic mass is 10.0. The molecule has 1 aliphatic carbocycles. The molecule has 1 aromatic rings. The Labute approximate surface area is 147 Å². The van der Waals surface area contributed by atoms with Gasteiger partial charge in [0.25, 0.3) is 0 Å². The zero-order chi connectivity index (χ0) is 16.9. The Morgan fingerprint density at radius 1 is 1.21 bits per heavy atom. The summed E-state index contributed by atoms with van der Waals surface area (Å²) in [5.41, 5.74) is 0. The maximum Gasteiger partial charge on any atom is 0.225 e. The van der Waals surface area contributed by atoms with E-state index in [4.69, 9.17) is 16.3 Å². The van der Waals surface area contributed by atoms with Gasteiger partial charge in [-0.05, 0) is 43.9 Å². The summed E-state index contributed by atoms with van der Waals surface area (Å²) in [6.45, 7) is 1.82. The molecule has 0 radical (unpaired) electrons. The van der Waals surface area contributed by atoms with E-state index < -0.39 is 0 Å². The maximum atomic E-state index is 12.0. The average molecular weight is 351 g/mol. The minimum absolute atomic E-state index is 0.0102. The number of ether oxygens (including phenoxy) is 1. The molecule has 0 bridgehead atoms. The summed E-state index contributed by atoms with van der Waals surface area (Å²) >= 11 is 5.89. The predicted octanol–water partition coefficient (Wildman–Crippen LogP) is 2.63. The summed E-state index contributed by atoms with van der Waals surface area (Å²) in [6.07, 6.45) is 4.07. The first-order valence-electron chi connectivity index (χ1n) is 8.58. The number of hydrogen-bond donors (Lipinski definition) is 1. The minimum atomic E-state index is -0.0102. The van der Waals surface area contributed by atoms with E-state index in [1.54, 1.807) is 12.1 Å². The second-order valence-corrected chi connectivity index (χ2v) is 6.93. The van der Waals surface area contributed by atoms with Crippen molar-refractivity contribution >= 4 is 23.4 Å². The molecule has 0 spiro atoms. The third-order valence-electron chi connectivity index (χ3n) is 4.49. The van der Waals surface area contributed by atoms with Crippen molar-refractivity contribution in [1.82, 2.24) is 10.2 Å². The van der Waals surface area contributed by atoms with Gasteiger partial charge < -0.3 is 15.0 Å². The van der Waals surface area contributed by atoms with Crippen molar-refractivity contribution < 1.29 is 14.3 Å². The lowest BCUT2D eigenvalue weighted by Crippen LogP contribution is -2.47. The van der Waals surface area contributed by atoms with Gasteiger partial charge in [-0.2, -0.15) is 0 Å². The van der Waals surface area contributed by atoms with Gasteiger partial charge in [0.2, 0.25) is 11.8 Å². The Morgan fingerprint density at radius 3 is 2.62 bits per heavy atom. The average Bonchev–Trinajstić information content (AvgIpc) is 3.40. The minimum Gasteiger partial charge on any atom is -0.493 e. The third-order valence-corrected chi connectivity index (χ3v) is 4.73. The maximum absolute atomic E-state index is 12.0. The van der Waals surface area contributed by atoms with Crippen molar-refractivity contribution in [2.75, 3.05) is 19.7 Å². The second kappa shape index (κ2) is 7.88. The van der Waals surface area contributed by atoms with Gasteiger partial charge in [0, 0.05) is 30.1 Å². The number of benzene rings is 1. The Kier molecular flexibility index (Phi) is 5.61. The van der Waals surface area contributed by atoms with Crippen LogP contribution < -0.4 is 10.1 Å². The number of rotatable bonds is 6. The fourth-order valence-corrected chi connectivity index (χ4v) is 3.13. The fourth-order valence-electron chi connectivity index (χ4n) is 2.95. The molecule has 6 heteroatoms. The van der Waals surface area contributed by atoms with E-state index in [1.807, 2.05) is 17.0 Å². The monoisotopic (exact) mass is 350 g/mol. The van der Waals surface area contributed by atoms with E-state index in [9.17, 15) is 9.59 Å². The highest BCUT2D eigenvalue weighted by Crippen LogP contribution is 2.31. The van der Waals surface area contributed by atoms with Gasteiger partial charge in [0.1, 0.15) is 5.75 Å². The zero-order valence-corrected chi connectivity index (χ0v) is 14.4. The molecule has 1 N–H and O–H groups in total. The number of carbonyl (C=O) groups excluding carboxylic acids is 2. The van der Waals surface area contributed by atoms with Crippen LogP contribution in [0.25, 0.3) is 0 Å². The molecule has 2 aliphatic rings. The number of hydrogen-bond acceptors (Lipinski definition) is 3. The zero-order valence-electron chi connectivity index (χ0n) is 13.7. The molecule has 0 aromatic heterocycles. The van der Waals surface area contributed by atoms with Crippen LogP contribution in [0.1, 0.15) is 32.1 Å². The molecule has 1 saturated carbocycles. The molecular formula is C18H23ClN2O3. The van der Waals surface area contributed by atoms with E-state index in [1.165, 1.54) is 0 Å². The summed E-state index contributed by atoms with van der Waals surface area (Å²) < 4.78 is 5.53. The fraction of sp³-hybridized carbons (Fsp3) is 0.556. The van der Waals surface area contributed by atoms with E-state index >= 15 is 0 Å². The molecule has 2 amide bonds. The van der Waals surface area contributed by atoms with E-state index in [0.29, 0.717) is 29.7 Å². The first-order valence-corrected chi connectivity index (χ1v) is 8.96. The molecule has 1 aliphatic heterocycles. The van der Waals surface area contributed by atoms with E-state index in [-0.39, 0.29) is 17.9 Å². The summed E-state index contributed by atoms with van der Waals surface area (Å²) in [5.74, 6) is 1.24. The van der Waals surface area contributed by atoms with Crippen molar-refractivity contribution in [3.63, 3.8) is 0 Å². The molecule has 1 aromatic carbocycles. The van der Waals surface area contributed by atoms with Crippen LogP contribution >= 0.6 is 11.6 Å². The van der Waals surface area contributed by atoms with Crippen molar-refractivity contribution in [2.45, 2.75) is 38.1 Å². The van der Waals surface area contributed by atoms with Gasteiger partial charge in [-0.1, -0.05) is 17.7 Å². The summed E-state index contributed by atoms with van der Waals surface area (Å²) in [6, 6.07) is 7.30. The molecule has 24 heavy (non-hydrogen) atoms. The second-order valence-electron chi connectivity index (χ2n) is 6.50. The first-order chi connectivity index (χ1) is 11.6. The summed E-state index contributed by atoms with van der Waals surface area (Å²) in [7, 11) is 0. The highest BCUT2D eigenvalue weighted by Gasteiger charge is 2.35. The Balaban J connectivity index is 1.33. The van der Waals surface area contributed by atoms with E-state index in [0.717, 1.165) is 38.8 Å². The number of piperidine rings is 1. The molecule has 0 unspecified atom stereocenters. The van der Waals surface area contributed by atoms with Gasteiger partial charge >= 0.3 is 0 Å². The van der Waals surface area contributed by atoms with Crippen LogP contribution in [0.2, 0.25) is 5.02 Å². The molecule has 2 fully saturated rings. The number of amides is 2. The largest absolute Gasteiger partial charge is 0.493 e. The molecule has 130 valence electrons. The molecule has 1 saturated heterocycles. The Hall–Kier alpha value is -1.75. The van der Waals surface area contributed by atoms with Crippen molar-refractivity contribution in [3.05, 3.63) is 29.3 Å². The highest BCUT2D eigenvalue weighted by atomic mass is 35.5. The van der Waals surface area contributed by atoms with Gasteiger partial charge in [-0.25, -0.2) is 0 Å². The Bertz CT molecular complexity index is 596. The van der Waals surface area contributed by atoms with Crippen LogP contribution in [0, 0.1) is 5.92 Å². The number of nitrogens with one attached hydrogen (secondary N) is 1. The van der Waals surface area contributed by atoms with Crippen molar-refractivity contribution in [3.8, 4) is 5.75 Å². The van der Waals surface area contributed by atoms with Gasteiger partial charge in [-0.15, -0.1) is 0 Å². The normalized spacial score (nSPS) is 18.3. The van der Waals surface area contributed by atoms with Gasteiger partial charge in [0.05, 0.1) is 13.0 Å². The molecule has 5 nitrogen and oxygen atoms in total. The van der Waals surface area contributed by atoms with Gasteiger partial charge in [-0.3, -0.25) is 9.59 Å². The van der Waals surface area contributed by atoms with Crippen LogP contribution in [0.4, 0.5) is 0 Å². The standard InChI is InChI=1S/C18H23ClN2O3/c19-14-2-1-3-16(12-14)24-11-8-17(22)20-15-6-9-21(10-7-15)18(23)13-4-5-13/h1-3,12-13,15H,4-11H2,(H,20,22). The SMILES string of the molecule is O=C(CCOc1cccc(Cl)c1)NC1CCN(C(=O)C2CC2)CC1. The Morgan fingerprint density at radius 2 is 1.96 bits per heavy atom. The predicted molar refractivity (Wildman–Crippen MR) is 92.0 cm³/mol. The molecule has 0 atom stereocenters. The lowest BCUT2D eigenvalue weighted by molar-refractivity contribution is -0.133. The van der Waals surface area contributed by atoms with Crippen molar-refractivity contribution in [2.24, 2.45) is 5.92 Å². The quantitative estimate of drug-likeness (QED) is 0.858. The van der Waals surface area contributed by atoms with Crippen LogP contribution in [0.5, 0.6) is 5.75 Å². The number of halogens is 1.